The van der Waals surface area contributed by atoms with Gasteiger partial charge in [-0.05, 0) is 37.8 Å². The molecule has 1 saturated heterocycles. The lowest BCUT2D eigenvalue weighted by molar-refractivity contribution is -0.384. The number of hydrogen-bond donors (Lipinski definition) is 1. The van der Waals surface area contributed by atoms with Gasteiger partial charge < -0.3 is 10.6 Å². The molecule has 1 aliphatic heterocycles. The van der Waals surface area contributed by atoms with Gasteiger partial charge in [-0.1, -0.05) is 12.1 Å². The number of likely N-dealkylation sites (tertiary alicyclic amines) is 1. The molecule has 1 aliphatic rings. The average molecular weight is 343 g/mol. The van der Waals surface area contributed by atoms with Crippen molar-refractivity contribution in [2.45, 2.75) is 25.8 Å². The van der Waals surface area contributed by atoms with Gasteiger partial charge in [0, 0.05) is 31.4 Å². The lowest BCUT2D eigenvalue weighted by Gasteiger charge is -2.33. The van der Waals surface area contributed by atoms with E-state index in [1.807, 2.05) is 6.92 Å². The number of rotatable bonds is 4. The molecule has 0 bridgehead atoms. The summed E-state index contributed by atoms with van der Waals surface area (Å²) in [6, 6.07) is 8.04. The van der Waals surface area contributed by atoms with E-state index in [4.69, 9.17) is 5.73 Å². The van der Waals surface area contributed by atoms with Gasteiger partial charge in [0.15, 0.2) is 5.69 Å². The van der Waals surface area contributed by atoms with Crippen molar-refractivity contribution >= 4 is 11.6 Å². The molecule has 0 saturated carbocycles. The average Bonchev–Trinajstić information content (AvgIpc) is 3.11. The van der Waals surface area contributed by atoms with E-state index in [-0.39, 0.29) is 23.3 Å². The number of carbonyl (C=O) groups is 1. The zero-order chi connectivity index (χ0) is 18.0. The lowest BCUT2D eigenvalue weighted by Crippen LogP contribution is -2.42. The molecule has 1 fully saturated rings. The molecule has 1 aromatic carbocycles. The number of piperidine rings is 1. The molecule has 0 spiro atoms. The molecule has 2 heterocycles. The zero-order valence-corrected chi connectivity index (χ0v) is 14.0. The van der Waals surface area contributed by atoms with Crippen LogP contribution in [0.25, 0.3) is 5.69 Å². The van der Waals surface area contributed by atoms with Crippen LogP contribution in [0.1, 0.15) is 30.3 Å². The Labute approximate surface area is 145 Å². The van der Waals surface area contributed by atoms with Crippen LogP contribution in [-0.4, -0.2) is 44.6 Å². The smallest absolute Gasteiger partial charge is 0.294 e. The monoisotopic (exact) mass is 343 g/mol. The maximum absolute atomic E-state index is 12.6. The molecule has 0 radical (unpaired) electrons. The number of hydrogen-bond acceptors (Lipinski definition) is 5. The summed E-state index contributed by atoms with van der Waals surface area (Å²) >= 11 is 0. The third-order valence-corrected chi connectivity index (χ3v) is 4.70. The van der Waals surface area contributed by atoms with Crippen LogP contribution >= 0.6 is 0 Å². The van der Waals surface area contributed by atoms with Gasteiger partial charge in [-0.3, -0.25) is 14.9 Å². The number of para-hydroxylation sites is 2. The van der Waals surface area contributed by atoms with E-state index in [2.05, 4.69) is 5.10 Å². The number of nitrogens with two attached hydrogens (primary N) is 1. The predicted octanol–water partition coefficient (Wildman–Crippen LogP) is 1.98. The molecule has 2 aromatic rings. The van der Waals surface area contributed by atoms with Crippen LogP contribution in [0.2, 0.25) is 0 Å². The van der Waals surface area contributed by atoms with E-state index in [1.54, 1.807) is 35.4 Å². The van der Waals surface area contributed by atoms with Crippen molar-refractivity contribution in [2.75, 3.05) is 13.1 Å². The van der Waals surface area contributed by atoms with Gasteiger partial charge in [0.2, 0.25) is 0 Å². The second kappa shape index (κ2) is 7.02. The van der Waals surface area contributed by atoms with Crippen LogP contribution in [0.15, 0.2) is 36.5 Å². The second-order valence-corrected chi connectivity index (χ2v) is 6.38. The van der Waals surface area contributed by atoms with Crippen molar-refractivity contribution in [1.29, 1.82) is 0 Å². The van der Waals surface area contributed by atoms with E-state index in [9.17, 15) is 14.9 Å². The number of nitro groups is 1. The van der Waals surface area contributed by atoms with Gasteiger partial charge in [0.25, 0.3) is 11.6 Å². The highest BCUT2D eigenvalue weighted by Crippen LogP contribution is 2.23. The van der Waals surface area contributed by atoms with Crippen LogP contribution in [0, 0.1) is 16.0 Å². The Morgan fingerprint density at radius 1 is 1.32 bits per heavy atom. The third-order valence-electron chi connectivity index (χ3n) is 4.70. The Balaban J connectivity index is 1.76. The number of benzene rings is 1. The molecule has 8 heteroatoms. The molecule has 0 aliphatic carbocycles. The molecular weight excluding hydrogens is 322 g/mol. The largest absolute Gasteiger partial charge is 0.337 e. The minimum Gasteiger partial charge on any atom is -0.337 e. The summed E-state index contributed by atoms with van der Waals surface area (Å²) in [6.45, 7) is 3.31. The molecule has 8 nitrogen and oxygen atoms in total. The van der Waals surface area contributed by atoms with Gasteiger partial charge in [-0.25, -0.2) is 4.68 Å². The fourth-order valence-electron chi connectivity index (χ4n) is 3.17. The van der Waals surface area contributed by atoms with Crippen LogP contribution in [-0.2, 0) is 0 Å². The molecule has 1 unspecified atom stereocenters. The lowest BCUT2D eigenvalue weighted by atomic mass is 9.91. The first kappa shape index (κ1) is 17.1. The standard InChI is InChI=1S/C17H21N5O3/c1-12(18)13-6-9-20(10-7-13)17(23)14-8-11-21(19-14)15-4-2-3-5-16(15)22(24)25/h2-5,8,11-13H,6-7,9-10,18H2,1H3. The Morgan fingerprint density at radius 3 is 2.64 bits per heavy atom. The minimum atomic E-state index is -0.461. The summed E-state index contributed by atoms with van der Waals surface area (Å²) in [5, 5.41) is 15.4. The number of nitro benzene ring substituents is 1. The molecule has 2 N–H and O–H groups in total. The Kier molecular flexibility index (Phi) is 4.80. The first-order chi connectivity index (χ1) is 12.0. The van der Waals surface area contributed by atoms with Gasteiger partial charge >= 0.3 is 0 Å². The van der Waals surface area contributed by atoms with E-state index in [1.165, 1.54) is 10.7 Å². The van der Waals surface area contributed by atoms with Crippen LogP contribution < -0.4 is 5.73 Å². The maximum atomic E-state index is 12.6. The van der Waals surface area contributed by atoms with E-state index in [0.717, 1.165) is 12.8 Å². The molecule has 25 heavy (non-hydrogen) atoms. The number of nitrogens with zero attached hydrogens (tertiary/aromatic N) is 4. The van der Waals surface area contributed by atoms with Crippen LogP contribution in [0.5, 0.6) is 0 Å². The summed E-state index contributed by atoms with van der Waals surface area (Å²) in [5.41, 5.74) is 6.50. The zero-order valence-electron chi connectivity index (χ0n) is 14.0. The van der Waals surface area contributed by atoms with Crippen LogP contribution in [0.4, 0.5) is 5.69 Å². The third kappa shape index (κ3) is 3.53. The quantitative estimate of drug-likeness (QED) is 0.674. The molecule has 3 rings (SSSR count). The first-order valence-corrected chi connectivity index (χ1v) is 8.31. The predicted molar refractivity (Wildman–Crippen MR) is 92.5 cm³/mol. The summed E-state index contributed by atoms with van der Waals surface area (Å²) in [7, 11) is 0. The van der Waals surface area contributed by atoms with Crippen molar-refractivity contribution in [2.24, 2.45) is 11.7 Å². The van der Waals surface area contributed by atoms with Crippen molar-refractivity contribution in [3.05, 3.63) is 52.3 Å². The maximum Gasteiger partial charge on any atom is 0.294 e. The van der Waals surface area contributed by atoms with Gasteiger partial charge in [-0.2, -0.15) is 5.10 Å². The number of carbonyl (C=O) groups excluding carboxylic acids is 1. The van der Waals surface area contributed by atoms with Crippen molar-refractivity contribution < 1.29 is 9.72 Å². The molecule has 1 amide bonds. The summed E-state index contributed by atoms with van der Waals surface area (Å²) < 4.78 is 1.38. The normalized spacial score (nSPS) is 16.6. The number of amides is 1. The van der Waals surface area contributed by atoms with E-state index >= 15 is 0 Å². The number of aromatic nitrogens is 2. The minimum absolute atomic E-state index is 0.0534. The van der Waals surface area contributed by atoms with Crippen molar-refractivity contribution in [3.63, 3.8) is 0 Å². The van der Waals surface area contributed by atoms with Crippen LogP contribution in [0.3, 0.4) is 0 Å². The summed E-state index contributed by atoms with van der Waals surface area (Å²) in [6.07, 6.45) is 3.34. The molecule has 1 aromatic heterocycles. The molecular formula is C17H21N5O3. The Bertz CT molecular complexity index is 778. The SMILES string of the molecule is CC(N)C1CCN(C(=O)c2ccn(-c3ccccc3[N+](=O)[O-])n2)CC1. The fraction of sp³-hybridized carbons (Fsp3) is 0.412. The van der Waals surface area contributed by atoms with Gasteiger partial charge in [0.05, 0.1) is 4.92 Å². The highest BCUT2D eigenvalue weighted by atomic mass is 16.6. The highest BCUT2D eigenvalue weighted by Gasteiger charge is 2.27. The van der Waals surface area contributed by atoms with Crippen molar-refractivity contribution in [3.8, 4) is 5.69 Å². The van der Waals surface area contributed by atoms with E-state index < -0.39 is 4.92 Å². The second-order valence-electron chi connectivity index (χ2n) is 6.38. The highest BCUT2D eigenvalue weighted by molar-refractivity contribution is 5.92. The first-order valence-electron chi connectivity index (χ1n) is 8.31. The Hall–Kier alpha value is -2.74. The summed E-state index contributed by atoms with van der Waals surface area (Å²) in [5.74, 6) is 0.286. The van der Waals surface area contributed by atoms with E-state index in [0.29, 0.717) is 24.7 Å². The molecule has 132 valence electrons. The van der Waals surface area contributed by atoms with Crippen molar-refractivity contribution in [1.82, 2.24) is 14.7 Å². The Morgan fingerprint density at radius 2 is 2.00 bits per heavy atom. The topological polar surface area (TPSA) is 107 Å². The van der Waals surface area contributed by atoms with Gasteiger partial charge in [0.1, 0.15) is 5.69 Å². The summed E-state index contributed by atoms with van der Waals surface area (Å²) in [4.78, 5) is 25.1. The fourth-order valence-corrected chi connectivity index (χ4v) is 3.17. The van der Waals surface area contributed by atoms with Gasteiger partial charge in [-0.15, -0.1) is 0 Å². The molecule has 1 atom stereocenters.